The van der Waals surface area contributed by atoms with Gasteiger partial charge in [0.15, 0.2) is 5.70 Å². The average molecular weight is 276 g/mol. The van der Waals surface area contributed by atoms with Gasteiger partial charge in [0.2, 0.25) is 5.91 Å². The van der Waals surface area contributed by atoms with Crippen LogP contribution in [-0.2, 0) is 9.59 Å². The van der Waals surface area contributed by atoms with E-state index in [-0.39, 0.29) is 23.6 Å². The van der Waals surface area contributed by atoms with E-state index in [1.165, 1.54) is 28.4 Å². The maximum absolute atomic E-state index is 11.6. The standard InChI is InChI=1S/C9H12N2O4S2/c10-1-2-16-9-5(8(14)15)11-6(13)4(3-12)7(11)17-9/h4,7,12H,1-3,10H2,(H,14,15)/t4-,7?/m1/s1. The number of carbonyl (C=O) groups excluding carboxylic acids is 1. The Balaban J connectivity index is 2.20. The molecule has 1 unspecified atom stereocenters. The second-order valence-corrected chi connectivity index (χ2v) is 6.07. The number of aliphatic hydroxyl groups excluding tert-OH is 1. The van der Waals surface area contributed by atoms with Gasteiger partial charge in [0, 0.05) is 12.3 Å². The zero-order valence-electron chi connectivity index (χ0n) is 8.83. The largest absolute Gasteiger partial charge is 0.477 e. The van der Waals surface area contributed by atoms with Crippen molar-refractivity contribution >= 4 is 35.4 Å². The topological polar surface area (TPSA) is 104 Å². The van der Waals surface area contributed by atoms with Crippen molar-refractivity contribution in [1.29, 1.82) is 0 Å². The highest BCUT2D eigenvalue weighted by atomic mass is 32.2. The SMILES string of the molecule is NCCSC1=C(C(=O)O)N2C(=O)[C@@H](CO)C2S1. The van der Waals surface area contributed by atoms with E-state index < -0.39 is 11.9 Å². The van der Waals surface area contributed by atoms with Crippen molar-refractivity contribution in [2.45, 2.75) is 5.37 Å². The molecule has 2 heterocycles. The lowest BCUT2D eigenvalue weighted by Crippen LogP contribution is -2.58. The molecule has 6 nitrogen and oxygen atoms in total. The van der Waals surface area contributed by atoms with Crippen LogP contribution >= 0.6 is 23.5 Å². The fourth-order valence-electron chi connectivity index (χ4n) is 1.77. The molecule has 1 amide bonds. The molecular formula is C9H12N2O4S2. The highest BCUT2D eigenvalue weighted by Crippen LogP contribution is 2.52. The lowest BCUT2D eigenvalue weighted by molar-refractivity contribution is -0.153. The molecule has 0 aromatic rings. The van der Waals surface area contributed by atoms with Crippen LogP contribution in [0.5, 0.6) is 0 Å². The molecule has 4 N–H and O–H groups in total. The third-order valence-corrected chi connectivity index (χ3v) is 5.29. The number of β-lactam (4-membered cyclic amide) rings is 1. The van der Waals surface area contributed by atoms with Crippen LogP contribution in [0.1, 0.15) is 0 Å². The van der Waals surface area contributed by atoms with Gasteiger partial charge in [-0.3, -0.25) is 9.69 Å². The Kier molecular flexibility index (Phi) is 3.67. The number of carboxylic acid groups (broad SMARTS) is 1. The van der Waals surface area contributed by atoms with Gasteiger partial charge in [-0.1, -0.05) is 11.8 Å². The number of amides is 1. The highest BCUT2D eigenvalue weighted by Gasteiger charge is 2.55. The number of carbonyl (C=O) groups is 2. The summed E-state index contributed by atoms with van der Waals surface area (Å²) < 4.78 is 0.609. The summed E-state index contributed by atoms with van der Waals surface area (Å²) in [6, 6.07) is 0. The molecule has 0 aliphatic carbocycles. The molecule has 0 radical (unpaired) electrons. The summed E-state index contributed by atoms with van der Waals surface area (Å²) in [5.74, 6) is -1.29. The number of fused-ring (bicyclic) bond motifs is 1. The molecule has 2 rings (SSSR count). The van der Waals surface area contributed by atoms with E-state index in [1.54, 1.807) is 0 Å². The number of aliphatic hydroxyl groups is 1. The molecule has 2 aliphatic rings. The van der Waals surface area contributed by atoms with Crippen LogP contribution in [0.3, 0.4) is 0 Å². The lowest BCUT2D eigenvalue weighted by atomic mass is 9.99. The van der Waals surface area contributed by atoms with Gasteiger partial charge in [-0.15, -0.1) is 11.8 Å². The van der Waals surface area contributed by atoms with Gasteiger partial charge < -0.3 is 15.9 Å². The summed E-state index contributed by atoms with van der Waals surface area (Å²) in [4.78, 5) is 24.0. The summed E-state index contributed by atoms with van der Waals surface area (Å²) in [5, 5.41) is 17.9. The van der Waals surface area contributed by atoms with E-state index in [1.807, 2.05) is 0 Å². The third kappa shape index (κ3) is 1.95. The molecule has 1 saturated heterocycles. The fraction of sp³-hybridized carbons (Fsp3) is 0.556. The van der Waals surface area contributed by atoms with Gasteiger partial charge in [0.25, 0.3) is 0 Å². The summed E-state index contributed by atoms with van der Waals surface area (Å²) >= 11 is 2.67. The van der Waals surface area contributed by atoms with Crippen LogP contribution in [0.25, 0.3) is 0 Å². The van der Waals surface area contributed by atoms with Crippen molar-refractivity contribution in [2.75, 3.05) is 18.9 Å². The molecule has 17 heavy (non-hydrogen) atoms. The first-order chi connectivity index (χ1) is 8.11. The minimum atomic E-state index is -1.11. The molecule has 1 fully saturated rings. The molecule has 0 bridgehead atoms. The van der Waals surface area contributed by atoms with E-state index in [4.69, 9.17) is 15.9 Å². The summed E-state index contributed by atoms with van der Waals surface area (Å²) in [6.45, 7) is 0.207. The van der Waals surface area contributed by atoms with E-state index in [0.29, 0.717) is 16.5 Å². The maximum Gasteiger partial charge on any atom is 0.354 e. The molecule has 8 heteroatoms. The lowest BCUT2D eigenvalue weighted by Gasteiger charge is -2.41. The summed E-state index contributed by atoms with van der Waals surface area (Å²) in [7, 11) is 0. The Morgan fingerprint density at radius 2 is 2.29 bits per heavy atom. The van der Waals surface area contributed by atoms with Crippen molar-refractivity contribution in [2.24, 2.45) is 11.7 Å². The average Bonchev–Trinajstić information content (AvgIpc) is 2.62. The van der Waals surface area contributed by atoms with Crippen LogP contribution in [0, 0.1) is 5.92 Å². The highest BCUT2D eigenvalue weighted by molar-refractivity contribution is 8.22. The van der Waals surface area contributed by atoms with Gasteiger partial charge in [-0.05, 0) is 0 Å². The van der Waals surface area contributed by atoms with E-state index in [2.05, 4.69) is 0 Å². The number of carboxylic acids is 1. The zero-order valence-corrected chi connectivity index (χ0v) is 10.5. The maximum atomic E-state index is 11.6. The molecule has 2 atom stereocenters. The number of thioether (sulfide) groups is 2. The quantitative estimate of drug-likeness (QED) is 0.579. The Labute approximate surface area is 106 Å². The number of aliphatic carboxylic acids is 1. The number of hydrogen-bond donors (Lipinski definition) is 3. The van der Waals surface area contributed by atoms with Gasteiger partial charge in [0.05, 0.1) is 16.8 Å². The molecular weight excluding hydrogens is 264 g/mol. The normalized spacial score (nSPS) is 27.2. The van der Waals surface area contributed by atoms with Crippen molar-refractivity contribution in [3.8, 4) is 0 Å². The van der Waals surface area contributed by atoms with Crippen molar-refractivity contribution in [3.63, 3.8) is 0 Å². The van der Waals surface area contributed by atoms with Crippen LogP contribution in [0.4, 0.5) is 0 Å². The van der Waals surface area contributed by atoms with Crippen molar-refractivity contribution in [3.05, 3.63) is 9.93 Å². The van der Waals surface area contributed by atoms with Gasteiger partial charge in [0.1, 0.15) is 5.37 Å². The third-order valence-electron chi connectivity index (χ3n) is 2.57. The van der Waals surface area contributed by atoms with Gasteiger partial charge in [-0.2, -0.15) is 0 Å². The fourth-order valence-corrected chi connectivity index (χ4v) is 4.41. The van der Waals surface area contributed by atoms with E-state index in [0.717, 1.165) is 0 Å². The number of rotatable bonds is 5. The van der Waals surface area contributed by atoms with Crippen LogP contribution in [0.2, 0.25) is 0 Å². The minimum Gasteiger partial charge on any atom is -0.477 e. The molecule has 2 aliphatic heterocycles. The van der Waals surface area contributed by atoms with Crippen molar-refractivity contribution < 1.29 is 19.8 Å². The van der Waals surface area contributed by atoms with Crippen LogP contribution < -0.4 is 5.73 Å². The number of nitrogens with two attached hydrogens (primary N) is 1. The molecule has 94 valence electrons. The Morgan fingerprint density at radius 1 is 1.59 bits per heavy atom. The Hall–Kier alpha value is -0.700. The second kappa shape index (κ2) is 4.89. The Morgan fingerprint density at radius 3 is 2.82 bits per heavy atom. The Bertz CT molecular complexity index is 398. The molecule has 0 spiro atoms. The monoisotopic (exact) mass is 276 g/mol. The predicted molar refractivity (Wildman–Crippen MR) is 65.0 cm³/mol. The van der Waals surface area contributed by atoms with Gasteiger partial charge in [-0.25, -0.2) is 4.79 Å². The van der Waals surface area contributed by atoms with E-state index in [9.17, 15) is 9.59 Å². The van der Waals surface area contributed by atoms with Crippen molar-refractivity contribution in [1.82, 2.24) is 4.90 Å². The van der Waals surface area contributed by atoms with Crippen LogP contribution in [-0.4, -0.2) is 51.3 Å². The molecule has 0 saturated carbocycles. The number of nitrogens with zero attached hydrogens (tertiary/aromatic N) is 1. The van der Waals surface area contributed by atoms with Gasteiger partial charge >= 0.3 is 5.97 Å². The smallest absolute Gasteiger partial charge is 0.354 e. The molecule has 0 aromatic carbocycles. The van der Waals surface area contributed by atoms with Crippen LogP contribution in [0.15, 0.2) is 9.93 Å². The first kappa shape index (κ1) is 12.7. The number of hydrogen-bond acceptors (Lipinski definition) is 6. The summed E-state index contributed by atoms with van der Waals surface area (Å²) in [5.41, 5.74) is 5.41. The summed E-state index contributed by atoms with van der Waals surface area (Å²) in [6.07, 6.45) is 0. The zero-order chi connectivity index (χ0) is 12.6. The van der Waals surface area contributed by atoms with E-state index >= 15 is 0 Å². The minimum absolute atomic E-state index is 0.0353. The first-order valence-electron chi connectivity index (χ1n) is 5.02. The molecule has 0 aromatic heterocycles. The second-order valence-electron chi connectivity index (χ2n) is 3.58. The first-order valence-corrected chi connectivity index (χ1v) is 6.89. The predicted octanol–water partition coefficient (Wildman–Crippen LogP) is -0.544.